The monoisotopic (exact) mass is 274 g/mol. The standard InChI is InChI=1S/C12H22N2O3S/c1-16-12(4-7-18-9-12)8-13-11(15)14-10-2-5-17-6-3-10/h10H,2-9H2,1H3,(H2,13,14,15)/t12-/m1/s1. The van der Waals surface area contributed by atoms with Gasteiger partial charge in [-0.3, -0.25) is 0 Å². The fourth-order valence-corrected chi connectivity index (χ4v) is 3.68. The second-order valence-corrected chi connectivity index (χ2v) is 6.01. The second-order valence-electron chi connectivity index (χ2n) is 4.90. The Hall–Kier alpha value is -0.460. The lowest BCUT2D eigenvalue weighted by atomic mass is 10.0. The van der Waals surface area contributed by atoms with Gasteiger partial charge in [-0.15, -0.1) is 0 Å². The van der Waals surface area contributed by atoms with Crippen LogP contribution in [0.5, 0.6) is 0 Å². The van der Waals surface area contributed by atoms with Crippen LogP contribution in [0.15, 0.2) is 0 Å². The number of hydrogen-bond acceptors (Lipinski definition) is 4. The summed E-state index contributed by atoms with van der Waals surface area (Å²) in [6.07, 6.45) is 2.81. The summed E-state index contributed by atoms with van der Waals surface area (Å²) in [7, 11) is 1.73. The number of carbonyl (C=O) groups excluding carboxylic acids is 1. The molecule has 18 heavy (non-hydrogen) atoms. The van der Waals surface area contributed by atoms with E-state index in [1.165, 1.54) is 0 Å². The SMILES string of the molecule is CO[C@@]1(CNC(=O)NC2CCOCC2)CCSC1. The van der Waals surface area contributed by atoms with Crippen LogP contribution in [0.1, 0.15) is 19.3 Å². The number of ether oxygens (including phenoxy) is 2. The van der Waals surface area contributed by atoms with Crippen molar-refractivity contribution in [2.45, 2.75) is 30.9 Å². The number of carbonyl (C=O) groups is 1. The third-order valence-corrected chi connectivity index (χ3v) is 4.85. The number of hydrogen-bond donors (Lipinski definition) is 2. The molecule has 0 aromatic carbocycles. The van der Waals surface area contributed by atoms with Crippen molar-refractivity contribution in [3.63, 3.8) is 0 Å². The molecule has 0 spiro atoms. The average molecular weight is 274 g/mol. The van der Waals surface area contributed by atoms with Crippen molar-refractivity contribution in [2.75, 3.05) is 38.4 Å². The molecule has 2 rings (SSSR count). The largest absolute Gasteiger partial charge is 0.381 e. The van der Waals surface area contributed by atoms with Gasteiger partial charge in [0.15, 0.2) is 0 Å². The van der Waals surface area contributed by atoms with E-state index in [2.05, 4.69) is 10.6 Å². The first kappa shape index (κ1) is 14.0. The molecule has 0 saturated carbocycles. The molecule has 0 unspecified atom stereocenters. The van der Waals surface area contributed by atoms with Crippen molar-refractivity contribution in [1.29, 1.82) is 0 Å². The summed E-state index contributed by atoms with van der Waals surface area (Å²) in [4.78, 5) is 11.8. The van der Waals surface area contributed by atoms with Crippen LogP contribution in [0.3, 0.4) is 0 Å². The Morgan fingerprint density at radius 3 is 2.89 bits per heavy atom. The van der Waals surface area contributed by atoms with Gasteiger partial charge < -0.3 is 20.1 Å². The van der Waals surface area contributed by atoms with E-state index in [0.717, 1.165) is 44.0 Å². The van der Waals surface area contributed by atoms with E-state index in [-0.39, 0.29) is 17.7 Å². The summed E-state index contributed by atoms with van der Waals surface area (Å²) in [5.41, 5.74) is -0.169. The maximum absolute atomic E-state index is 11.8. The van der Waals surface area contributed by atoms with Gasteiger partial charge in [-0.25, -0.2) is 4.79 Å². The van der Waals surface area contributed by atoms with Crippen LogP contribution in [0.25, 0.3) is 0 Å². The lowest BCUT2D eigenvalue weighted by Gasteiger charge is -2.28. The molecule has 0 aliphatic carbocycles. The first-order chi connectivity index (χ1) is 8.74. The van der Waals surface area contributed by atoms with E-state index < -0.39 is 0 Å². The molecule has 0 radical (unpaired) electrons. The highest BCUT2D eigenvalue weighted by atomic mass is 32.2. The van der Waals surface area contributed by atoms with Gasteiger partial charge in [-0.1, -0.05) is 0 Å². The van der Waals surface area contributed by atoms with Gasteiger partial charge in [-0.2, -0.15) is 11.8 Å². The minimum atomic E-state index is -0.169. The van der Waals surface area contributed by atoms with E-state index >= 15 is 0 Å². The van der Waals surface area contributed by atoms with Gasteiger partial charge in [-0.05, 0) is 25.0 Å². The highest BCUT2D eigenvalue weighted by Crippen LogP contribution is 2.30. The topological polar surface area (TPSA) is 59.6 Å². The summed E-state index contributed by atoms with van der Waals surface area (Å²) >= 11 is 1.88. The first-order valence-electron chi connectivity index (χ1n) is 6.49. The summed E-state index contributed by atoms with van der Waals surface area (Å²) in [5, 5.41) is 5.93. The molecule has 5 nitrogen and oxygen atoms in total. The molecule has 104 valence electrons. The Balaban J connectivity index is 1.70. The number of nitrogens with one attached hydrogen (secondary N) is 2. The lowest BCUT2D eigenvalue weighted by molar-refractivity contribution is 0.0154. The minimum absolute atomic E-state index is 0.0878. The van der Waals surface area contributed by atoms with E-state index in [1.807, 2.05) is 11.8 Å². The highest BCUT2D eigenvalue weighted by Gasteiger charge is 2.34. The smallest absolute Gasteiger partial charge is 0.315 e. The number of thioether (sulfide) groups is 1. The van der Waals surface area contributed by atoms with Gasteiger partial charge in [0.1, 0.15) is 0 Å². The van der Waals surface area contributed by atoms with Gasteiger partial charge >= 0.3 is 6.03 Å². The van der Waals surface area contributed by atoms with Gasteiger partial charge in [0.2, 0.25) is 0 Å². The molecule has 2 saturated heterocycles. The molecule has 0 aromatic heterocycles. The summed E-state index contributed by atoms with van der Waals surface area (Å²) in [6, 6.07) is 0.158. The Kier molecular flexibility index (Phi) is 5.14. The predicted molar refractivity (Wildman–Crippen MR) is 72.1 cm³/mol. The molecule has 2 aliphatic heterocycles. The quantitative estimate of drug-likeness (QED) is 0.802. The molecular formula is C12H22N2O3S. The third kappa shape index (κ3) is 3.76. The summed E-state index contributed by atoms with van der Waals surface area (Å²) in [6.45, 7) is 2.07. The number of amides is 2. The normalized spacial score (nSPS) is 29.2. The Bertz CT molecular complexity index is 276. The van der Waals surface area contributed by atoms with Crippen LogP contribution in [0.2, 0.25) is 0 Å². The molecule has 0 bridgehead atoms. The molecular weight excluding hydrogens is 252 g/mol. The van der Waals surface area contributed by atoms with Gasteiger partial charge in [0, 0.05) is 38.7 Å². The molecule has 2 amide bonds. The third-order valence-electron chi connectivity index (χ3n) is 3.63. The lowest BCUT2D eigenvalue weighted by Crippen LogP contribution is -2.50. The van der Waals surface area contributed by atoms with Crippen molar-refractivity contribution < 1.29 is 14.3 Å². The molecule has 2 aliphatic rings. The molecule has 0 aromatic rings. The Labute approximate surface area is 112 Å². The van der Waals surface area contributed by atoms with Crippen molar-refractivity contribution in [2.24, 2.45) is 0 Å². The first-order valence-corrected chi connectivity index (χ1v) is 7.65. The average Bonchev–Trinajstić information content (AvgIpc) is 2.87. The molecule has 1 atom stereocenters. The zero-order valence-electron chi connectivity index (χ0n) is 10.9. The van der Waals surface area contributed by atoms with E-state index in [9.17, 15) is 4.79 Å². The summed E-state index contributed by atoms with van der Waals surface area (Å²) < 4.78 is 10.8. The van der Waals surface area contributed by atoms with Crippen LogP contribution < -0.4 is 10.6 Å². The molecule has 2 N–H and O–H groups in total. The minimum Gasteiger partial charge on any atom is -0.381 e. The molecule has 2 fully saturated rings. The van der Waals surface area contributed by atoms with Gasteiger partial charge in [0.25, 0.3) is 0 Å². The van der Waals surface area contributed by atoms with Crippen molar-refractivity contribution in [3.8, 4) is 0 Å². The predicted octanol–water partition coefficient (Wildman–Crippen LogP) is 0.987. The number of rotatable bonds is 4. The highest BCUT2D eigenvalue weighted by molar-refractivity contribution is 7.99. The Morgan fingerprint density at radius 2 is 2.28 bits per heavy atom. The molecule has 2 heterocycles. The van der Waals surface area contributed by atoms with Crippen LogP contribution in [-0.4, -0.2) is 56.0 Å². The Morgan fingerprint density at radius 1 is 1.50 bits per heavy atom. The van der Waals surface area contributed by atoms with Crippen molar-refractivity contribution >= 4 is 17.8 Å². The zero-order chi connectivity index (χ0) is 12.8. The van der Waals surface area contributed by atoms with Crippen LogP contribution in [-0.2, 0) is 9.47 Å². The zero-order valence-corrected chi connectivity index (χ0v) is 11.7. The van der Waals surface area contributed by atoms with Crippen LogP contribution in [0.4, 0.5) is 4.79 Å². The number of urea groups is 1. The van der Waals surface area contributed by atoms with E-state index in [4.69, 9.17) is 9.47 Å². The number of methoxy groups -OCH3 is 1. The molecule has 6 heteroatoms. The maximum Gasteiger partial charge on any atom is 0.315 e. The van der Waals surface area contributed by atoms with Crippen LogP contribution in [0, 0.1) is 0 Å². The fourth-order valence-electron chi connectivity index (χ4n) is 2.28. The summed E-state index contributed by atoms with van der Waals surface area (Å²) in [5.74, 6) is 2.07. The van der Waals surface area contributed by atoms with E-state index in [0.29, 0.717) is 6.54 Å². The second kappa shape index (κ2) is 6.63. The van der Waals surface area contributed by atoms with Crippen molar-refractivity contribution in [3.05, 3.63) is 0 Å². The van der Waals surface area contributed by atoms with E-state index in [1.54, 1.807) is 7.11 Å². The fraction of sp³-hybridized carbons (Fsp3) is 0.917. The van der Waals surface area contributed by atoms with Crippen molar-refractivity contribution in [1.82, 2.24) is 10.6 Å². The van der Waals surface area contributed by atoms with Gasteiger partial charge in [0.05, 0.1) is 5.60 Å². The van der Waals surface area contributed by atoms with Crippen LogP contribution >= 0.6 is 11.8 Å². The maximum atomic E-state index is 11.8.